The van der Waals surface area contributed by atoms with Gasteiger partial charge in [0.1, 0.15) is 0 Å². The molecular formula is C20H26O2. The Hall–Kier alpha value is -0.890. The van der Waals surface area contributed by atoms with E-state index in [1.807, 2.05) is 6.08 Å². The molecule has 2 nitrogen and oxygen atoms in total. The molecule has 4 aliphatic carbocycles. The maximum absolute atomic E-state index is 11.8. The molecule has 5 aliphatic rings. The minimum atomic E-state index is 0.231. The molecule has 1 saturated heterocycles. The quantitative estimate of drug-likeness (QED) is 0.631. The Balaban J connectivity index is 1.57. The summed E-state index contributed by atoms with van der Waals surface area (Å²) >= 11 is 0. The number of allylic oxidation sites excluding steroid dienone is 4. The van der Waals surface area contributed by atoms with Crippen LogP contribution in [0.1, 0.15) is 52.4 Å². The third-order valence-electron chi connectivity index (χ3n) is 8.30. The van der Waals surface area contributed by atoms with Crippen molar-refractivity contribution in [2.24, 2.45) is 28.6 Å². The standard InChI is InChI=1S/C20H26O2/c1-18-8-5-14(21)11-13(18)3-4-15-16(18)6-9-19(2)17(15)7-10-20(19)12-22-20/h3-4,11,15-17H,5-10,12H2,1-2H3/t15-,16+,17+,18+,19+,20+/m1/s1. The van der Waals surface area contributed by atoms with Gasteiger partial charge >= 0.3 is 0 Å². The number of hydrogen-bond donors (Lipinski definition) is 0. The van der Waals surface area contributed by atoms with E-state index in [9.17, 15) is 4.79 Å². The van der Waals surface area contributed by atoms with Crippen molar-refractivity contribution in [2.45, 2.75) is 58.0 Å². The van der Waals surface area contributed by atoms with Crippen LogP contribution in [0.25, 0.3) is 0 Å². The Morgan fingerprint density at radius 3 is 2.68 bits per heavy atom. The number of ketones is 1. The van der Waals surface area contributed by atoms with Crippen LogP contribution in [0.4, 0.5) is 0 Å². The van der Waals surface area contributed by atoms with Crippen LogP contribution in [0.5, 0.6) is 0 Å². The second-order valence-electron chi connectivity index (χ2n) is 8.91. The lowest BCUT2D eigenvalue weighted by molar-refractivity contribution is -0.116. The minimum Gasteiger partial charge on any atom is -0.369 e. The molecule has 1 aliphatic heterocycles. The summed E-state index contributed by atoms with van der Waals surface area (Å²) in [6.07, 6.45) is 13.7. The van der Waals surface area contributed by atoms with E-state index in [4.69, 9.17) is 4.74 Å². The zero-order valence-corrected chi connectivity index (χ0v) is 13.7. The third kappa shape index (κ3) is 1.43. The molecule has 0 aromatic carbocycles. The first-order valence-corrected chi connectivity index (χ1v) is 9.06. The van der Waals surface area contributed by atoms with Gasteiger partial charge in [0.25, 0.3) is 0 Å². The molecule has 0 aromatic rings. The van der Waals surface area contributed by atoms with Crippen molar-refractivity contribution in [2.75, 3.05) is 6.61 Å². The van der Waals surface area contributed by atoms with Crippen LogP contribution >= 0.6 is 0 Å². The van der Waals surface area contributed by atoms with Crippen LogP contribution < -0.4 is 0 Å². The molecule has 0 radical (unpaired) electrons. The van der Waals surface area contributed by atoms with Gasteiger partial charge in [-0.2, -0.15) is 0 Å². The molecule has 22 heavy (non-hydrogen) atoms. The molecule has 6 atom stereocenters. The number of fused-ring (bicyclic) bond motifs is 6. The van der Waals surface area contributed by atoms with Gasteiger partial charge in [-0.25, -0.2) is 0 Å². The number of hydrogen-bond acceptors (Lipinski definition) is 2. The van der Waals surface area contributed by atoms with Crippen LogP contribution in [-0.2, 0) is 9.53 Å². The number of rotatable bonds is 0. The first kappa shape index (κ1) is 13.5. The summed E-state index contributed by atoms with van der Waals surface area (Å²) < 4.78 is 5.97. The molecule has 118 valence electrons. The number of ether oxygens (including phenoxy) is 1. The van der Waals surface area contributed by atoms with Crippen LogP contribution in [-0.4, -0.2) is 18.0 Å². The summed E-state index contributed by atoms with van der Waals surface area (Å²) in [5.74, 6) is 2.52. The highest BCUT2D eigenvalue weighted by Gasteiger charge is 2.69. The Morgan fingerprint density at radius 1 is 1.14 bits per heavy atom. The van der Waals surface area contributed by atoms with E-state index in [0.717, 1.165) is 31.3 Å². The van der Waals surface area contributed by atoms with Crippen molar-refractivity contribution < 1.29 is 9.53 Å². The normalized spacial score (nSPS) is 55.5. The lowest BCUT2D eigenvalue weighted by Crippen LogP contribution is -2.50. The third-order valence-corrected chi connectivity index (χ3v) is 8.30. The van der Waals surface area contributed by atoms with E-state index in [2.05, 4.69) is 26.0 Å². The van der Waals surface area contributed by atoms with Crippen LogP contribution in [0.3, 0.4) is 0 Å². The molecule has 2 saturated carbocycles. The summed E-state index contributed by atoms with van der Waals surface area (Å²) in [4.78, 5) is 11.8. The molecule has 1 spiro atoms. The van der Waals surface area contributed by atoms with E-state index in [1.165, 1.54) is 31.3 Å². The first-order valence-electron chi connectivity index (χ1n) is 9.06. The van der Waals surface area contributed by atoms with Crippen molar-refractivity contribution in [1.29, 1.82) is 0 Å². The largest absolute Gasteiger partial charge is 0.369 e. The monoisotopic (exact) mass is 298 g/mol. The van der Waals surface area contributed by atoms with E-state index in [1.54, 1.807) is 0 Å². The molecule has 0 aromatic heterocycles. The summed E-state index contributed by atoms with van der Waals surface area (Å²) in [7, 11) is 0. The molecule has 1 heterocycles. The van der Waals surface area contributed by atoms with Gasteiger partial charge in [0.05, 0.1) is 12.2 Å². The minimum absolute atomic E-state index is 0.231. The SMILES string of the molecule is C[C@]12CCC(=O)C=C1C=C[C@@H]1[C@@H]2CC[C@@]2(C)[C@H]1CC[C@]21CO1. The fraction of sp³-hybridized carbons (Fsp3) is 0.750. The predicted molar refractivity (Wildman–Crippen MR) is 85.3 cm³/mol. The molecule has 5 rings (SSSR count). The smallest absolute Gasteiger partial charge is 0.156 e. The lowest BCUT2D eigenvalue weighted by atomic mass is 9.48. The Morgan fingerprint density at radius 2 is 1.91 bits per heavy atom. The number of carbonyl (C=O) groups excluding carboxylic acids is 1. The molecule has 0 amide bonds. The van der Waals surface area contributed by atoms with Crippen molar-refractivity contribution in [3.63, 3.8) is 0 Å². The fourth-order valence-electron chi connectivity index (χ4n) is 6.65. The van der Waals surface area contributed by atoms with E-state index in [0.29, 0.717) is 17.1 Å². The summed E-state index contributed by atoms with van der Waals surface area (Å²) in [5.41, 5.74) is 2.16. The van der Waals surface area contributed by atoms with Gasteiger partial charge in [-0.1, -0.05) is 26.0 Å². The fourth-order valence-corrected chi connectivity index (χ4v) is 6.65. The second kappa shape index (κ2) is 3.95. The molecule has 3 fully saturated rings. The molecule has 2 heteroatoms. The summed E-state index contributed by atoms with van der Waals surface area (Å²) in [5, 5.41) is 0. The highest BCUT2D eigenvalue weighted by atomic mass is 16.6. The molecular weight excluding hydrogens is 272 g/mol. The summed E-state index contributed by atoms with van der Waals surface area (Å²) in [6, 6.07) is 0. The van der Waals surface area contributed by atoms with Gasteiger partial charge < -0.3 is 4.74 Å². The highest BCUT2D eigenvalue weighted by Crippen LogP contribution is 2.69. The van der Waals surface area contributed by atoms with Crippen LogP contribution in [0, 0.1) is 28.6 Å². The summed E-state index contributed by atoms with van der Waals surface area (Å²) in [6.45, 7) is 5.92. The van der Waals surface area contributed by atoms with E-state index >= 15 is 0 Å². The van der Waals surface area contributed by atoms with Crippen LogP contribution in [0.15, 0.2) is 23.8 Å². The predicted octanol–water partition coefficient (Wildman–Crippen LogP) is 4.06. The molecule has 0 unspecified atom stereocenters. The average Bonchev–Trinajstić information content (AvgIpc) is 3.22. The topological polar surface area (TPSA) is 29.6 Å². The lowest BCUT2D eigenvalue weighted by Gasteiger charge is -2.55. The maximum atomic E-state index is 11.8. The molecule has 0 N–H and O–H groups in total. The van der Waals surface area contributed by atoms with Gasteiger partial charge in [0, 0.05) is 11.8 Å². The van der Waals surface area contributed by atoms with Crippen LogP contribution in [0.2, 0.25) is 0 Å². The van der Waals surface area contributed by atoms with Crippen molar-refractivity contribution in [1.82, 2.24) is 0 Å². The Kier molecular flexibility index (Phi) is 2.43. The molecule has 0 bridgehead atoms. The van der Waals surface area contributed by atoms with E-state index < -0.39 is 0 Å². The van der Waals surface area contributed by atoms with Crippen molar-refractivity contribution in [3.05, 3.63) is 23.8 Å². The zero-order valence-electron chi connectivity index (χ0n) is 13.7. The van der Waals surface area contributed by atoms with Gasteiger partial charge in [0.2, 0.25) is 0 Å². The van der Waals surface area contributed by atoms with Gasteiger partial charge in [-0.05, 0) is 66.9 Å². The zero-order chi connectivity index (χ0) is 15.2. The van der Waals surface area contributed by atoms with Crippen molar-refractivity contribution in [3.8, 4) is 0 Å². The van der Waals surface area contributed by atoms with E-state index in [-0.39, 0.29) is 11.0 Å². The first-order chi connectivity index (χ1) is 10.5. The average molecular weight is 298 g/mol. The Labute approximate surface area is 133 Å². The highest BCUT2D eigenvalue weighted by molar-refractivity contribution is 5.92. The number of epoxide rings is 1. The van der Waals surface area contributed by atoms with Gasteiger partial charge in [-0.3, -0.25) is 4.79 Å². The number of carbonyl (C=O) groups is 1. The maximum Gasteiger partial charge on any atom is 0.156 e. The van der Waals surface area contributed by atoms with Gasteiger partial charge in [0.15, 0.2) is 5.78 Å². The Bertz CT molecular complexity index is 611. The van der Waals surface area contributed by atoms with Crippen molar-refractivity contribution >= 4 is 5.78 Å². The second-order valence-corrected chi connectivity index (χ2v) is 8.91. The van der Waals surface area contributed by atoms with Gasteiger partial charge in [-0.15, -0.1) is 0 Å².